The van der Waals surface area contributed by atoms with Crippen LogP contribution in [0, 0.1) is 0 Å². The molecule has 1 aromatic heterocycles. The van der Waals surface area contributed by atoms with Gasteiger partial charge in [-0.05, 0) is 24.0 Å². The van der Waals surface area contributed by atoms with Crippen molar-refractivity contribution >= 4 is 5.82 Å². The van der Waals surface area contributed by atoms with Crippen molar-refractivity contribution in [1.29, 1.82) is 0 Å². The number of nitrogens with zero attached hydrogens (tertiary/aromatic N) is 1. The monoisotopic (exact) mass is 243 g/mol. The van der Waals surface area contributed by atoms with Crippen LogP contribution in [0.5, 0.6) is 0 Å². The molecule has 0 aliphatic carbocycles. The summed E-state index contributed by atoms with van der Waals surface area (Å²) in [5.41, 5.74) is 3.65. The second-order valence-electron chi connectivity index (χ2n) is 4.54. The zero-order valence-corrected chi connectivity index (χ0v) is 11.2. The maximum atomic E-state index is 4.25. The van der Waals surface area contributed by atoms with Crippen molar-refractivity contribution in [3.8, 4) is 11.3 Å². The first-order chi connectivity index (χ1) is 8.83. The highest BCUT2D eigenvalue weighted by atomic mass is 15.2. The fourth-order valence-corrected chi connectivity index (χ4v) is 1.95. The maximum Gasteiger partial charge on any atom is 0.148 e. The Morgan fingerprint density at radius 1 is 1.11 bits per heavy atom. The van der Waals surface area contributed by atoms with Crippen LogP contribution in [0.1, 0.15) is 32.3 Å². The van der Waals surface area contributed by atoms with Gasteiger partial charge in [0.05, 0.1) is 5.69 Å². The minimum Gasteiger partial charge on any atom is -0.369 e. The van der Waals surface area contributed by atoms with E-state index in [1.807, 2.05) is 0 Å². The number of aryl methyl sites for hydroxylation is 1. The number of aromatic amines is 1. The SMILES string of the molecule is CCCNc1cc(-c2ccc(CCC)cc2)[nH]n1. The van der Waals surface area contributed by atoms with E-state index in [9.17, 15) is 0 Å². The van der Waals surface area contributed by atoms with E-state index < -0.39 is 0 Å². The zero-order valence-electron chi connectivity index (χ0n) is 11.2. The minimum atomic E-state index is 0.921. The minimum absolute atomic E-state index is 0.921. The van der Waals surface area contributed by atoms with Gasteiger partial charge in [0.1, 0.15) is 5.82 Å². The molecule has 2 rings (SSSR count). The van der Waals surface area contributed by atoms with Crippen LogP contribution in [-0.4, -0.2) is 16.7 Å². The van der Waals surface area contributed by atoms with E-state index in [-0.39, 0.29) is 0 Å². The number of hydrogen-bond acceptors (Lipinski definition) is 2. The number of rotatable bonds is 6. The molecule has 0 unspecified atom stereocenters. The molecule has 0 bridgehead atoms. The zero-order chi connectivity index (χ0) is 12.8. The van der Waals surface area contributed by atoms with Gasteiger partial charge in [0, 0.05) is 12.6 Å². The van der Waals surface area contributed by atoms with Crippen molar-refractivity contribution in [2.45, 2.75) is 33.1 Å². The summed E-state index contributed by atoms with van der Waals surface area (Å²) < 4.78 is 0. The van der Waals surface area contributed by atoms with E-state index in [0.29, 0.717) is 0 Å². The lowest BCUT2D eigenvalue weighted by atomic mass is 10.1. The summed E-state index contributed by atoms with van der Waals surface area (Å²) in [5.74, 6) is 0.921. The van der Waals surface area contributed by atoms with Gasteiger partial charge in [-0.1, -0.05) is 44.5 Å². The Bertz CT molecular complexity index is 471. The van der Waals surface area contributed by atoms with E-state index >= 15 is 0 Å². The van der Waals surface area contributed by atoms with Crippen molar-refractivity contribution in [3.05, 3.63) is 35.9 Å². The van der Waals surface area contributed by atoms with Crippen molar-refractivity contribution in [1.82, 2.24) is 10.2 Å². The van der Waals surface area contributed by atoms with Gasteiger partial charge in [-0.25, -0.2) is 0 Å². The van der Waals surface area contributed by atoms with Crippen molar-refractivity contribution < 1.29 is 0 Å². The second-order valence-corrected chi connectivity index (χ2v) is 4.54. The molecule has 0 saturated heterocycles. The number of aromatic nitrogens is 2. The first-order valence-electron chi connectivity index (χ1n) is 6.72. The molecule has 3 nitrogen and oxygen atoms in total. The van der Waals surface area contributed by atoms with Crippen LogP contribution in [0.15, 0.2) is 30.3 Å². The molecule has 2 N–H and O–H groups in total. The van der Waals surface area contributed by atoms with Gasteiger partial charge in [0.25, 0.3) is 0 Å². The Labute approximate surface area is 109 Å². The Hall–Kier alpha value is -1.77. The molecule has 0 saturated carbocycles. The normalized spacial score (nSPS) is 10.6. The molecule has 96 valence electrons. The third-order valence-electron chi connectivity index (χ3n) is 2.94. The molecule has 0 fully saturated rings. The lowest BCUT2D eigenvalue weighted by Crippen LogP contribution is -1.99. The summed E-state index contributed by atoms with van der Waals surface area (Å²) in [6.45, 7) is 5.31. The Morgan fingerprint density at radius 2 is 1.89 bits per heavy atom. The highest BCUT2D eigenvalue weighted by molar-refractivity contribution is 5.62. The van der Waals surface area contributed by atoms with Gasteiger partial charge >= 0.3 is 0 Å². The molecule has 0 atom stereocenters. The molecule has 0 spiro atoms. The summed E-state index contributed by atoms with van der Waals surface area (Å²) in [5, 5.41) is 10.6. The predicted molar refractivity (Wildman–Crippen MR) is 76.8 cm³/mol. The predicted octanol–water partition coefficient (Wildman–Crippen LogP) is 3.85. The summed E-state index contributed by atoms with van der Waals surface area (Å²) in [6, 6.07) is 10.8. The van der Waals surface area contributed by atoms with E-state index in [4.69, 9.17) is 0 Å². The molecule has 3 heteroatoms. The van der Waals surface area contributed by atoms with E-state index in [2.05, 4.69) is 59.7 Å². The van der Waals surface area contributed by atoms with Crippen LogP contribution in [0.4, 0.5) is 5.82 Å². The Morgan fingerprint density at radius 3 is 2.56 bits per heavy atom. The summed E-state index contributed by atoms with van der Waals surface area (Å²) in [7, 11) is 0. The number of hydrogen-bond donors (Lipinski definition) is 2. The van der Waals surface area contributed by atoms with Gasteiger partial charge < -0.3 is 5.32 Å². The lowest BCUT2D eigenvalue weighted by Gasteiger charge is -2.00. The highest BCUT2D eigenvalue weighted by Gasteiger charge is 2.03. The third kappa shape index (κ3) is 3.13. The van der Waals surface area contributed by atoms with Gasteiger partial charge in [0.2, 0.25) is 0 Å². The van der Waals surface area contributed by atoms with E-state index in [0.717, 1.165) is 30.9 Å². The number of H-pyrrole nitrogens is 1. The first kappa shape index (κ1) is 12.7. The fourth-order valence-electron chi connectivity index (χ4n) is 1.95. The van der Waals surface area contributed by atoms with Gasteiger partial charge in [-0.15, -0.1) is 0 Å². The number of benzene rings is 1. The molecule has 2 aromatic rings. The Kier molecular flexibility index (Phi) is 4.40. The molecule has 1 heterocycles. The maximum absolute atomic E-state index is 4.25. The van der Waals surface area contributed by atoms with E-state index in [1.54, 1.807) is 0 Å². The van der Waals surface area contributed by atoms with Gasteiger partial charge in [-0.2, -0.15) is 5.10 Å². The van der Waals surface area contributed by atoms with Crippen LogP contribution < -0.4 is 5.32 Å². The molecular weight excluding hydrogens is 222 g/mol. The standard InChI is InChI=1S/C15H21N3/c1-3-5-12-6-8-13(9-7-12)14-11-15(18-17-14)16-10-4-2/h6-9,11H,3-5,10H2,1-2H3,(H2,16,17,18). The molecular formula is C15H21N3. The summed E-state index contributed by atoms with van der Waals surface area (Å²) >= 11 is 0. The van der Waals surface area contributed by atoms with Gasteiger partial charge in [-0.3, -0.25) is 5.10 Å². The summed E-state index contributed by atoms with van der Waals surface area (Å²) in [6.07, 6.45) is 3.44. The summed E-state index contributed by atoms with van der Waals surface area (Å²) in [4.78, 5) is 0. The number of anilines is 1. The molecule has 0 aliphatic rings. The molecule has 18 heavy (non-hydrogen) atoms. The van der Waals surface area contributed by atoms with Crippen LogP contribution in [-0.2, 0) is 6.42 Å². The van der Waals surface area contributed by atoms with Crippen LogP contribution >= 0.6 is 0 Å². The average molecular weight is 243 g/mol. The highest BCUT2D eigenvalue weighted by Crippen LogP contribution is 2.20. The Balaban J connectivity index is 2.08. The largest absolute Gasteiger partial charge is 0.369 e. The molecule has 0 radical (unpaired) electrons. The topological polar surface area (TPSA) is 40.7 Å². The third-order valence-corrected chi connectivity index (χ3v) is 2.94. The quantitative estimate of drug-likeness (QED) is 0.809. The second kappa shape index (κ2) is 6.24. The van der Waals surface area contributed by atoms with Gasteiger partial charge in [0.15, 0.2) is 0 Å². The molecule has 1 aromatic carbocycles. The van der Waals surface area contributed by atoms with E-state index in [1.165, 1.54) is 17.5 Å². The average Bonchev–Trinajstić information content (AvgIpc) is 2.86. The lowest BCUT2D eigenvalue weighted by molar-refractivity contribution is 0.922. The molecule has 0 aliphatic heterocycles. The smallest absolute Gasteiger partial charge is 0.148 e. The van der Waals surface area contributed by atoms with Crippen molar-refractivity contribution in [2.75, 3.05) is 11.9 Å². The van der Waals surface area contributed by atoms with Crippen LogP contribution in [0.2, 0.25) is 0 Å². The van der Waals surface area contributed by atoms with Crippen molar-refractivity contribution in [3.63, 3.8) is 0 Å². The first-order valence-corrected chi connectivity index (χ1v) is 6.72. The number of nitrogens with one attached hydrogen (secondary N) is 2. The molecule has 0 amide bonds. The van der Waals surface area contributed by atoms with Crippen LogP contribution in [0.3, 0.4) is 0 Å². The fraction of sp³-hybridized carbons (Fsp3) is 0.400. The van der Waals surface area contributed by atoms with Crippen LogP contribution in [0.25, 0.3) is 11.3 Å². The van der Waals surface area contributed by atoms with Crippen molar-refractivity contribution in [2.24, 2.45) is 0 Å².